The Morgan fingerprint density at radius 2 is 1.82 bits per heavy atom. The van der Waals surface area contributed by atoms with Crippen LogP contribution in [-0.2, 0) is 0 Å². The van der Waals surface area contributed by atoms with Crippen molar-refractivity contribution in [2.24, 2.45) is 11.8 Å². The van der Waals surface area contributed by atoms with Crippen LogP contribution in [0.1, 0.15) is 33.1 Å². The summed E-state index contributed by atoms with van der Waals surface area (Å²) in [7, 11) is 0. The number of rotatable bonds is 6. The van der Waals surface area contributed by atoms with E-state index in [0.717, 1.165) is 5.92 Å². The van der Waals surface area contributed by atoms with Crippen LogP contribution < -0.4 is 11.3 Å². The second kappa shape index (κ2) is 6.14. The molecule has 4 nitrogen and oxygen atoms in total. The first-order valence-corrected chi connectivity index (χ1v) is 7.21. The number of nitrogens with one attached hydrogen (secondary N) is 1. The monoisotopic (exact) mass is 240 g/mol. The predicted molar refractivity (Wildman–Crippen MR) is 71.6 cm³/mol. The third-order valence-corrected chi connectivity index (χ3v) is 4.74. The number of piperazine rings is 3. The molecule has 100 valence electrons. The van der Waals surface area contributed by atoms with Gasteiger partial charge in [-0.05, 0) is 12.3 Å². The highest BCUT2D eigenvalue weighted by molar-refractivity contribution is 4.94. The van der Waals surface area contributed by atoms with E-state index in [-0.39, 0.29) is 0 Å². The van der Waals surface area contributed by atoms with Gasteiger partial charge in [0.05, 0.1) is 0 Å². The molecule has 4 heteroatoms. The van der Waals surface area contributed by atoms with Crippen LogP contribution in [-0.4, -0.2) is 54.6 Å². The lowest BCUT2D eigenvalue weighted by Gasteiger charge is -2.50. The molecule has 0 aliphatic carbocycles. The van der Waals surface area contributed by atoms with E-state index in [9.17, 15) is 0 Å². The molecule has 0 saturated carbocycles. The van der Waals surface area contributed by atoms with Gasteiger partial charge in [-0.25, -0.2) is 0 Å². The van der Waals surface area contributed by atoms with Crippen molar-refractivity contribution in [3.05, 3.63) is 0 Å². The van der Waals surface area contributed by atoms with E-state index in [1.54, 1.807) is 0 Å². The molecule has 2 unspecified atom stereocenters. The van der Waals surface area contributed by atoms with E-state index < -0.39 is 0 Å². The normalized spacial score (nSPS) is 34.2. The molecule has 2 bridgehead atoms. The van der Waals surface area contributed by atoms with E-state index >= 15 is 0 Å². The van der Waals surface area contributed by atoms with Crippen LogP contribution in [0.5, 0.6) is 0 Å². The highest BCUT2D eigenvalue weighted by atomic mass is 15.4. The molecule has 0 radical (unpaired) electrons. The smallest absolute Gasteiger partial charge is 0.0391 e. The first kappa shape index (κ1) is 13.3. The Labute approximate surface area is 105 Å². The number of hydrogen-bond acceptors (Lipinski definition) is 4. The van der Waals surface area contributed by atoms with Crippen LogP contribution in [0.3, 0.4) is 0 Å². The van der Waals surface area contributed by atoms with Gasteiger partial charge in [0.2, 0.25) is 0 Å². The molecule has 3 saturated heterocycles. The third kappa shape index (κ3) is 2.99. The number of fused-ring (bicyclic) bond motifs is 3. The van der Waals surface area contributed by atoms with Gasteiger partial charge in [0.25, 0.3) is 0 Å². The molecule has 17 heavy (non-hydrogen) atoms. The molecule has 0 aromatic rings. The molecule has 0 aromatic heterocycles. The van der Waals surface area contributed by atoms with E-state index in [2.05, 4.69) is 29.1 Å². The number of nitrogens with zero attached hydrogens (tertiary/aromatic N) is 2. The Morgan fingerprint density at radius 1 is 1.18 bits per heavy atom. The fraction of sp³-hybridized carbons (Fsp3) is 1.00. The molecule has 3 aliphatic rings. The Morgan fingerprint density at radius 3 is 2.24 bits per heavy atom. The van der Waals surface area contributed by atoms with Crippen molar-refractivity contribution in [3.8, 4) is 0 Å². The summed E-state index contributed by atoms with van der Waals surface area (Å²) in [4.78, 5) is 5.22. The molecule has 3 rings (SSSR count). The summed E-state index contributed by atoms with van der Waals surface area (Å²) in [6.45, 7) is 10.7. The molecule has 3 aliphatic heterocycles. The first-order valence-electron chi connectivity index (χ1n) is 7.21. The number of hydrazine groups is 1. The fourth-order valence-corrected chi connectivity index (χ4v) is 3.36. The third-order valence-electron chi connectivity index (χ3n) is 4.74. The van der Waals surface area contributed by atoms with E-state index in [0.29, 0.717) is 12.1 Å². The summed E-state index contributed by atoms with van der Waals surface area (Å²) in [5.74, 6) is 6.61. The quantitative estimate of drug-likeness (QED) is 0.528. The van der Waals surface area contributed by atoms with E-state index in [1.165, 1.54) is 52.0 Å². The largest absolute Gasteiger partial charge is 0.299 e. The fourth-order valence-electron chi connectivity index (χ4n) is 3.36. The highest BCUT2D eigenvalue weighted by Gasteiger charge is 2.36. The average molecular weight is 240 g/mol. The van der Waals surface area contributed by atoms with Gasteiger partial charge >= 0.3 is 0 Å². The summed E-state index contributed by atoms with van der Waals surface area (Å²) in [6, 6.07) is 1.09. The topological polar surface area (TPSA) is 44.5 Å². The minimum Gasteiger partial charge on any atom is -0.299 e. The molecule has 3 fully saturated rings. The highest BCUT2D eigenvalue weighted by Crippen LogP contribution is 2.23. The standard InChI is InChI=1S/C13H28N4/c1-3-11(4-2)9-12(15-14)13-10-16-5-7-17(13)8-6-16/h11-13,15H,3-10,14H2,1-2H3. The maximum absolute atomic E-state index is 5.80. The van der Waals surface area contributed by atoms with E-state index in [1.807, 2.05) is 0 Å². The Hall–Kier alpha value is -0.160. The summed E-state index contributed by atoms with van der Waals surface area (Å²) in [6.07, 6.45) is 3.76. The van der Waals surface area contributed by atoms with Crippen molar-refractivity contribution >= 4 is 0 Å². The summed E-state index contributed by atoms with van der Waals surface area (Å²) in [5.41, 5.74) is 3.09. The van der Waals surface area contributed by atoms with Crippen LogP contribution in [0.15, 0.2) is 0 Å². The van der Waals surface area contributed by atoms with Crippen LogP contribution in [0.2, 0.25) is 0 Å². The van der Waals surface area contributed by atoms with Gasteiger partial charge < -0.3 is 0 Å². The maximum Gasteiger partial charge on any atom is 0.0391 e. The molecule has 3 N–H and O–H groups in total. The first-order chi connectivity index (χ1) is 8.28. The second-order valence-corrected chi connectivity index (χ2v) is 5.60. The van der Waals surface area contributed by atoms with Crippen molar-refractivity contribution in [2.75, 3.05) is 32.7 Å². The number of nitrogens with two attached hydrogens (primary N) is 1. The van der Waals surface area contributed by atoms with Gasteiger partial charge in [-0.2, -0.15) is 0 Å². The summed E-state index contributed by atoms with van der Waals surface area (Å²) < 4.78 is 0. The summed E-state index contributed by atoms with van der Waals surface area (Å²) >= 11 is 0. The van der Waals surface area contributed by atoms with Crippen molar-refractivity contribution in [1.82, 2.24) is 15.2 Å². The molecular weight excluding hydrogens is 212 g/mol. The maximum atomic E-state index is 5.80. The van der Waals surface area contributed by atoms with Gasteiger partial charge in [0.15, 0.2) is 0 Å². The van der Waals surface area contributed by atoms with Gasteiger partial charge in [0.1, 0.15) is 0 Å². The Kier molecular flexibility index (Phi) is 4.79. The zero-order valence-corrected chi connectivity index (χ0v) is 11.4. The van der Waals surface area contributed by atoms with Crippen molar-refractivity contribution in [1.29, 1.82) is 0 Å². The molecule has 0 amide bonds. The Bertz CT molecular complexity index is 221. The van der Waals surface area contributed by atoms with Gasteiger partial charge in [-0.15, -0.1) is 0 Å². The zero-order chi connectivity index (χ0) is 12.3. The Balaban J connectivity index is 1.93. The molecule has 3 heterocycles. The average Bonchev–Trinajstić information content (AvgIpc) is 2.41. The van der Waals surface area contributed by atoms with Crippen molar-refractivity contribution in [3.63, 3.8) is 0 Å². The lowest BCUT2D eigenvalue weighted by atomic mass is 9.89. The molecular formula is C13H28N4. The van der Waals surface area contributed by atoms with Gasteiger partial charge in [0, 0.05) is 44.8 Å². The van der Waals surface area contributed by atoms with Crippen LogP contribution in [0, 0.1) is 5.92 Å². The van der Waals surface area contributed by atoms with E-state index in [4.69, 9.17) is 5.84 Å². The second-order valence-electron chi connectivity index (χ2n) is 5.60. The van der Waals surface area contributed by atoms with Crippen LogP contribution >= 0.6 is 0 Å². The lowest BCUT2D eigenvalue weighted by molar-refractivity contribution is -0.00713. The molecule has 2 atom stereocenters. The van der Waals surface area contributed by atoms with Crippen LogP contribution in [0.4, 0.5) is 0 Å². The van der Waals surface area contributed by atoms with Gasteiger partial charge in [-0.1, -0.05) is 26.7 Å². The SMILES string of the molecule is CCC(CC)CC(NN)C1CN2CCN1CC2. The predicted octanol–water partition coefficient (Wildman–Crippen LogP) is 0.644. The lowest BCUT2D eigenvalue weighted by Crippen LogP contribution is -2.67. The molecule has 0 aromatic carbocycles. The minimum atomic E-state index is 0.461. The van der Waals surface area contributed by atoms with Crippen LogP contribution in [0.25, 0.3) is 0 Å². The zero-order valence-electron chi connectivity index (χ0n) is 11.4. The molecule has 0 spiro atoms. The minimum absolute atomic E-state index is 0.461. The summed E-state index contributed by atoms with van der Waals surface area (Å²) in [5, 5.41) is 0. The van der Waals surface area contributed by atoms with Crippen molar-refractivity contribution < 1.29 is 0 Å². The number of hydrogen-bond donors (Lipinski definition) is 2. The van der Waals surface area contributed by atoms with Gasteiger partial charge in [-0.3, -0.25) is 21.1 Å². The van der Waals surface area contributed by atoms with Crippen molar-refractivity contribution in [2.45, 2.75) is 45.2 Å².